The molecule has 0 radical (unpaired) electrons. The molecule has 0 fully saturated rings. The van der Waals surface area contributed by atoms with Crippen molar-refractivity contribution in [3.05, 3.63) is 0 Å². The van der Waals surface area contributed by atoms with E-state index in [1.54, 1.807) is 0 Å². The predicted molar refractivity (Wildman–Crippen MR) is 42.0 cm³/mol. The van der Waals surface area contributed by atoms with Crippen LogP contribution in [0.3, 0.4) is 0 Å². The van der Waals surface area contributed by atoms with Gasteiger partial charge in [-0.25, -0.2) is 0 Å². The summed E-state index contributed by atoms with van der Waals surface area (Å²) in [5.74, 6) is -1.67. The molecule has 0 aliphatic heterocycles. The van der Waals surface area contributed by atoms with E-state index in [2.05, 4.69) is 0 Å². The summed E-state index contributed by atoms with van der Waals surface area (Å²) in [7, 11) is 0. The van der Waals surface area contributed by atoms with Crippen LogP contribution in [0.25, 0.3) is 0 Å². The molecule has 0 unspecified atom stereocenters. The molecule has 0 aliphatic carbocycles. The van der Waals surface area contributed by atoms with E-state index in [1.807, 2.05) is 0 Å². The average molecular weight is 449 g/mol. The zero-order chi connectivity index (χ0) is 7.15. The second-order valence-corrected chi connectivity index (χ2v) is 1.04. The zero-order valence-corrected chi connectivity index (χ0v) is 13.7. The summed E-state index contributed by atoms with van der Waals surface area (Å²) in [6, 6.07) is 0. The molecule has 10 heavy (non-hydrogen) atoms. The van der Waals surface area contributed by atoms with Gasteiger partial charge < -0.3 is 10.2 Å². The fourth-order valence-electron chi connectivity index (χ4n) is 0. The Bertz CT molecular complexity index is 75.3. The van der Waals surface area contributed by atoms with Crippen LogP contribution in [-0.4, -0.2) is 22.2 Å². The van der Waals surface area contributed by atoms with Crippen molar-refractivity contribution >= 4 is 35.9 Å². The standard InChI is InChI=1S/2C2H4O2.Hg.HI/c2*1-2(3)4;;/h2*1H3,(H,3,4);;1H. The van der Waals surface area contributed by atoms with Crippen molar-refractivity contribution in [3.8, 4) is 0 Å². The Balaban J connectivity index is -0.0000000300. The molecule has 58 valence electrons. The van der Waals surface area contributed by atoms with Gasteiger partial charge >= 0.3 is 0 Å². The van der Waals surface area contributed by atoms with Crippen molar-refractivity contribution in [3.63, 3.8) is 0 Å². The second-order valence-electron chi connectivity index (χ2n) is 1.04. The van der Waals surface area contributed by atoms with Gasteiger partial charge in [0.05, 0.1) is 0 Å². The molecule has 0 aromatic carbocycles. The Morgan fingerprint density at radius 3 is 1.00 bits per heavy atom. The molecule has 2 N–H and O–H groups in total. The third kappa shape index (κ3) is 1360. The van der Waals surface area contributed by atoms with E-state index in [0.29, 0.717) is 0 Å². The van der Waals surface area contributed by atoms with Gasteiger partial charge in [0.25, 0.3) is 11.9 Å². The van der Waals surface area contributed by atoms with Crippen LogP contribution >= 0.6 is 24.0 Å². The van der Waals surface area contributed by atoms with Gasteiger partial charge in [0, 0.05) is 41.5 Å². The molecule has 0 rings (SSSR count). The van der Waals surface area contributed by atoms with Crippen molar-refractivity contribution in [1.29, 1.82) is 0 Å². The van der Waals surface area contributed by atoms with Crippen LogP contribution in [0.5, 0.6) is 0 Å². The molecule has 0 heterocycles. The van der Waals surface area contributed by atoms with Gasteiger partial charge in [0.2, 0.25) is 0 Å². The van der Waals surface area contributed by atoms with E-state index in [1.165, 1.54) is 0 Å². The van der Waals surface area contributed by atoms with Gasteiger partial charge in [-0.05, 0) is 0 Å². The molecule has 0 amide bonds. The maximum Gasteiger partial charge on any atom is 0.300 e. The number of carbonyl (C=O) groups is 2. The van der Waals surface area contributed by atoms with Crippen LogP contribution in [0.2, 0.25) is 0 Å². The topological polar surface area (TPSA) is 74.6 Å². The average Bonchev–Trinajstić information content (AvgIpc) is 1.25. The first-order valence-corrected chi connectivity index (χ1v) is 1.86. The van der Waals surface area contributed by atoms with Crippen molar-refractivity contribution in [2.24, 2.45) is 0 Å². The Labute approximate surface area is 96.5 Å². The first-order chi connectivity index (χ1) is 3.46. The molecule has 0 spiro atoms. The van der Waals surface area contributed by atoms with Crippen LogP contribution in [0.1, 0.15) is 13.8 Å². The van der Waals surface area contributed by atoms with Crippen LogP contribution in [0.15, 0.2) is 0 Å². The third-order valence-electron chi connectivity index (χ3n) is 0. The van der Waals surface area contributed by atoms with Crippen LogP contribution in [-0.2, 0) is 37.3 Å². The summed E-state index contributed by atoms with van der Waals surface area (Å²) in [4.78, 5) is 18.0. The normalized spacial score (nSPS) is 5.00. The van der Waals surface area contributed by atoms with Crippen LogP contribution in [0.4, 0.5) is 0 Å². The number of carboxylic acid groups (broad SMARTS) is 2. The van der Waals surface area contributed by atoms with Crippen molar-refractivity contribution < 1.29 is 47.5 Å². The van der Waals surface area contributed by atoms with Crippen molar-refractivity contribution in [1.82, 2.24) is 0 Å². The molecule has 6 heteroatoms. The largest absolute Gasteiger partial charge is 0.481 e. The molecule has 0 saturated carbocycles. The maximum atomic E-state index is 9.00. The first kappa shape index (κ1) is 22.4. The Hall–Kier alpha value is 0.605. The van der Waals surface area contributed by atoms with E-state index in [-0.39, 0.29) is 51.6 Å². The molecular formula is C4H9HgIO4. The van der Waals surface area contributed by atoms with Gasteiger partial charge in [-0.3, -0.25) is 9.59 Å². The van der Waals surface area contributed by atoms with Crippen molar-refractivity contribution in [2.45, 2.75) is 13.8 Å². The number of hydrogen-bond donors (Lipinski definition) is 2. The van der Waals surface area contributed by atoms with Crippen molar-refractivity contribution in [2.75, 3.05) is 0 Å². The quantitative estimate of drug-likeness (QED) is 0.425. The number of hydrogen-bond acceptors (Lipinski definition) is 2. The molecule has 4 nitrogen and oxygen atoms in total. The maximum absolute atomic E-state index is 9.00. The summed E-state index contributed by atoms with van der Waals surface area (Å²) >= 11 is 0. The van der Waals surface area contributed by atoms with E-state index in [9.17, 15) is 0 Å². The minimum atomic E-state index is -0.833. The molecular weight excluding hydrogens is 440 g/mol. The van der Waals surface area contributed by atoms with E-state index in [0.717, 1.165) is 13.8 Å². The van der Waals surface area contributed by atoms with Crippen LogP contribution < -0.4 is 0 Å². The molecule has 0 saturated heterocycles. The smallest absolute Gasteiger partial charge is 0.300 e. The summed E-state index contributed by atoms with van der Waals surface area (Å²) < 4.78 is 0. The minimum Gasteiger partial charge on any atom is -0.481 e. The molecule has 0 bridgehead atoms. The first-order valence-electron chi connectivity index (χ1n) is 1.86. The number of rotatable bonds is 0. The summed E-state index contributed by atoms with van der Waals surface area (Å²) in [5.41, 5.74) is 0. The van der Waals surface area contributed by atoms with E-state index < -0.39 is 11.9 Å². The van der Waals surface area contributed by atoms with Gasteiger partial charge in [0.1, 0.15) is 0 Å². The summed E-state index contributed by atoms with van der Waals surface area (Å²) in [5, 5.41) is 14.8. The van der Waals surface area contributed by atoms with Gasteiger partial charge in [-0.2, -0.15) is 0 Å². The Morgan fingerprint density at radius 2 is 1.00 bits per heavy atom. The third-order valence-corrected chi connectivity index (χ3v) is 0. The SMILES string of the molecule is CC(=O)O.CC(=O)O.I.[Hg]. The Morgan fingerprint density at radius 1 is 1.00 bits per heavy atom. The van der Waals surface area contributed by atoms with Gasteiger partial charge in [-0.1, -0.05) is 0 Å². The monoisotopic (exact) mass is 450 g/mol. The van der Waals surface area contributed by atoms with Gasteiger partial charge in [0.15, 0.2) is 0 Å². The fraction of sp³-hybridized carbons (Fsp3) is 0.500. The molecule has 0 atom stereocenters. The van der Waals surface area contributed by atoms with Gasteiger partial charge in [-0.15, -0.1) is 24.0 Å². The number of halogens is 1. The van der Waals surface area contributed by atoms with E-state index in [4.69, 9.17) is 19.8 Å². The second kappa shape index (κ2) is 16.3. The number of carboxylic acids is 2. The minimum absolute atomic E-state index is 0. The molecule has 0 aliphatic rings. The van der Waals surface area contributed by atoms with Crippen LogP contribution in [0, 0.1) is 0 Å². The molecule has 0 aromatic rings. The number of aliphatic carboxylic acids is 2. The summed E-state index contributed by atoms with van der Waals surface area (Å²) in [6.07, 6.45) is 0. The fourth-order valence-corrected chi connectivity index (χ4v) is 0. The van der Waals surface area contributed by atoms with E-state index >= 15 is 0 Å². The Kier molecular flexibility index (Phi) is 36.6. The predicted octanol–water partition coefficient (Wildman–Crippen LogP) is 0.797. The summed E-state index contributed by atoms with van der Waals surface area (Å²) in [6.45, 7) is 2.17. The molecule has 0 aromatic heterocycles. The zero-order valence-electron chi connectivity index (χ0n) is 5.83.